The largest absolute Gasteiger partial charge is 0.330 e. The van der Waals surface area contributed by atoms with Crippen LogP contribution in [0.2, 0.25) is 0 Å². The summed E-state index contributed by atoms with van der Waals surface area (Å²) in [7, 11) is 0. The van der Waals surface area contributed by atoms with Crippen molar-refractivity contribution in [3.8, 4) is 0 Å². The number of allylic oxidation sites excluding steroid dienone is 4. The quantitative estimate of drug-likeness (QED) is 0.645. The minimum absolute atomic E-state index is 0.739. The van der Waals surface area contributed by atoms with Crippen molar-refractivity contribution in [2.75, 3.05) is 6.54 Å². The molecule has 1 heteroatoms. The average molecular weight is 221 g/mol. The van der Waals surface area contributed by atoms with E-state index in [9.17, 15) is 0 Å². The van der Waals surface area contributed by atoms with E-state index in [2.05, 4.69) is 32.1 Å². The second-order valence-corrected chi connectivity index (χ2v) is 5.30. The standard InChI is InChI=1S/C15H27N/c1-13-7-9-15(10-8-13)12-14(2)6-4-3-5-11-16/h7,9-10,13-14H,3-6,8,11-12,16H2,1-2H3/t13-,14-/m0/s1. The second kappa shape index (κ2) is 7.67. The molecule has 0 unspecified atom stereocenters. The third kappa shape index (κ3) is 5.50. The molecular weight excluding hydrogens is 194 g/mol. The summed E-state index contributed by atoms with van der Waals surface area (Å²) in [6, 6.07) is 0. The van der Waals surface area contributed by atoms with Crippen LogP contribution in [0.5, 0.6) is 0 Å². The van der Waals surface area contributed by atoms with Crippen molar-refractivity contribution in [2.45, 2.75) is 52.4 Å². The summed E-state index contributed by atoms with van der Waals surface area (Å²) < 4.78 is 0. The maximum Gasteiger partial charge on any atom is -0.00773 e. The Kier molecular flexibility index (Phi) is 6.47. The summed E-state index contributed by atoms with van der Waals surface area (Å²) in [5.74, 6) is 1.56. The van der Waals surface area contributed by atoms with Gasteiger partial charge in [0.2, 0.25) is 0 Å². The van der Waals surface area contributed by atoms with Crippen LogP contribution in [0.3, 0.4) is 0 Å². The lowest BCUT2D eigenvalue weighted by molar-refractivity contribution is 0.489. The van der Waals surface area contributed by atoms with Gasteiger partial charge in [0.15, 0.2) is 0 Å². The van der Waals surface area contributed by atoms with Gasteiger partial charge in [-0.3, -0.25) is 0 Å². The van der Waals surface area contributed by atoms with E-state index in [1.165, 1.54) is 38.5 Å². The Balaban J connectivity index is 2.14. The van der Waals surface area contributed by atoms with Crippen LogP contribution in [0.25, 0.3) is 0 Å². The molecule has 0 heterocycles. The third-order valence-electron chi connectivity index (χ3n) is 3.38. The van der Waals surface area contributed by atoms with Gasteiger partial charge in [-0.1, -0.05) is 56.9 Å². The van der Waals surface area contributed by atoms with Gasteiger partial charge >= 0.3 is 0 Å². The summed E-state index contributed by atoms with van der Waals surface area (Å²) in [5.41, 5.74) is 7.04. The van der Waals surface area contributed by atoms with E-state index in [1.54, 1.807) is 5.57 Å². The fourth-order valence-electron chi connectivity index (χ4n) is 2.24. The molecule has 0 aromatic carbocycles. The predicted octanol–water partition coefficient (Wildman–Crippen LogP) is 4.05. The molecule has 1 rings (SSSR count). The number of unbranched alkanes of at least 4 members (excludes halogenated alkanes) is 2. The van der Waals surface area contributed by atoms with Crippen molar-refractivity contribution < 1.29 is 0 Å². The number of rotatable bonds is 7. The van der Waals surface area contributed by atoms with Crippen LogP contribution in [0.15, 0.2) is 23.8 Å². The Labute approximate surface area is 101 Å². The van der Waals surface area contributed by atoms with Crippen LogP contribution in [0, 0.1) is 11.8 Å². The van der Waals surface area contributed by atoms with Crippen LogP contribution in [-0.2, 0) is 0 Å². The fourth-order valence-corrected chi connectivity index (χ4v) is 2.24. The first-order valence-corrected chi connectivity index (χ1v) is 6.79. The number of hydrogen-bond donors (Lipinski definition) is 1. The molecule has 0 aromatic heterocycles. The maximum absolute atomic E-state index is 5.49. The highest BCUT2D eigenvalue weighted by Crippen LogP contribution is 2.23. The van der Waals surface area contributed by atoms with Crippen LogP contribution >= 0.6 is 0 Å². The molecule has 0 aliphatic heterocycles. The molecule has 0 radical (unpaired) electrons. The summed E-state index contributed by atoms with van der Waals surface area (Å²) in [5, 5.41) is 0. The number of nitrogens with two attached hydrogens (primary N) is 1. The van der Waals surface area contributed by atoms with Crippen LogP contribution in [0.4, 0.5) is 0 Å². The van der Waals surface area contributed by atoms with E-state index in [-0.39, 0.29) is 0 Å². The molecule has 0 amide bonds. The molecule has 1 aliphatic rings. The maximum atomic E-state index is 5.49. The smallest absolute Gasteiger partial charge is 0.00773 e. The second-order valence-electron chi connectivity index (χ2n) is 5.30. The molecule has 1 nitrogen and oxygen atoms in total. The molecule has 16 heavy (non-hydrogen) atoms. The summed E-state index contributed by atoms with van der Waals surface area (Å²) in [4.78, 5) is 0. The summed E-state index contributed by atoms with van der Waals surface area (Å²) >= 11 is 0. The first-order valence-electron chi connectivity index (χ1n) is 6.79. The molecule has 0 fully saturated rings. The first-order chi connectivity index (χ1) is 7.72. The summed E-state index contributed by atoms with van der Waals surface area (Å²) in [6.07, 6.45) is 14.7. The van der Waals surface area contributed by atoms with Gasteiger partial charge in [0.1, 0.15) is 0 Å². The van der Waals surface area contributed by atoms with E-state index in [4.69, 9.17) is 5.73 Å². The minimum Gasteiger partial charge on any atom is -0.330 e. The molecule has 0 saturated heterocycles. The van der Waals surface area contributed by atoms with E-state index >= 15 is 0 Å². The van der Waals surface area contributed by atoms with Crippen molar-refractivity contribution in [3.05, 3.63) is 23.8 Å². The Bertz CT molecular complexity index is 240. The zero-order valence-electron chi connectivity index (χ0n) is 10.9. The highest BCUT2D eigenvalue weighted by molar-refractivity contribution is 5.23. The van der Waals surface area contributed by atoms with Gasteiger partial charge in [0, 0.05) is 0 Å². The molecule has 0 spiro atoms. The molecule has 1 aliphatic carbocycles. The van der Waals surface area contributed by atoms with Gasteiger partial charge in [-0.25, -0.2) is 0 Å². The Hall–Kier alpha value is -0.560. The fraction of sp³-hybridized carbons (Fsp3) is 0.733. The average Bonchev–Trinajstić information content (AvgIpc) is 2.28. The minimum atomic E-state index is 0.739. The molecule has 92 valence electrons. The van der Waals surface area contributed by atoms with Crippen LogP contribution < -0.4 is 5.73 Å². The monoisotopic (exact) mass is 221 g/mol. The van der Waals surface area contributed by atoms with Crippen molar-refractivity contribution in [3.63, 3.8) is 0 Å². The zero-order chi connectivity index (χ0) is 11.8. The Morgan fingerprint density at radius 3 is 2.81 bits per heavy atom. The zero-order valence-corrected chi connectivity index (χ0v) is 10.9. The third-order valence-corrected chi connectivity index (χ3v) is 3.38. The lowest BCUT2D eigenvalue weighted by Gasteiger charge is -2.16. The normalized spacial score (nSPS) is 21.9. The van der Waals surface area contributed by atoms with E-state index in [1.807, 2.05) is 0 Å². The molecule has 2 atom stereocenters. The van der Waals surface area contributed by atoms with E-state index < -0.39 is 0 Å². The van der Waals surface area contributed by atoms with Gasteiger partial charge in [-0.15, -0.1) is 0 Å². The molecule has 2 N–H and O–H groups in total. The first kappa shape index (κ1) is 13.5. The molecule has 0 saturated carbocycles. The lowest BCUT2D eigenvalue weighted by Crippen LogP contribution is -2.02. The van der Waals surface area contributed by atoms with Crippen molar-refractivity contribution in [1.29, 1.82) is 0 Å². The molecular formula is C15H27N. The highest BCUT2D eigenvalue weighted by atomic mass is 14.5. The Morgan fingerprint density at radius 2 is 2.19 bits per heavy atom. The molecule has 0 aromatic rings. The van der Waals surface area contributed by atoms with Gasteiger partial charge < -0.3 is 5.73 Å². The highest BCUT2D eigenvalue weighted by Gasteiger charge is 2.07. The van der Waals surface area contributed by atoms with Gasteiger partial charge in [0.25, 0.3) is 0 Å². The topological polar surface area (TPSA) is 26.0 Å². The number of hydrogen-bond acceptors (Lipinski definition) is 1. The Morgan fingerprint density at radius 1 is 1.38 bits per heavy atom. The van der Waals surface area contributed by atoms with Gasteiger partial charge in [-0.05, 0) is 37.6 Å². The van der Waals surface area contributed by atoms with Crippen molar-refractivity contribution in [1.82, 2.24) is 0 Å². The van der Waals surface area contributed by atoms with Crippen molar-refractivity contribution in [2.24, 2.45) is 17.6 Å². The van der Waals surface area contributed by atoms with E-state index in [0.717, 1.165) is 18.4 Å². The van der Waals surface area contributed by atoms with Crippen LogP contribution in [-0.4, -0.2) is 6.54 Å². The van der Waals surface area contributed by atoms with E-state index in [0.29, 0.717) is 0 Å². The van der Waals surface area contributed by atoms with Gasteiger partial charge in [-0.2, -0.15) is 0 Å². The molecule has 0 bridgehead atoms. The lowest BCUT2D eigenvalue weighted by atomic mass is 9.90. The predicted molar refractivity (Wildman–Crippen MR) is 72.3 cm³/mol. The SMILES string of the molecule is C[C@@H](CCCCCN)CC1=CC[C@@H](C)C=C1. The van der Waals surface area contributed by atoms with Crippen LogP contribution in [0.1, 0.15) is 52.4 Å². The van der Waals surface area contributed by atoms with Gasteiger partial charge in [0.05, 0.1) is 0 Å². The summed E-state index contributed by atoms with van der Waals surface area (Å²) in [6.45, 7) is 5.50. The van der Waals surface area contributed by atoms with Crippen molar-refractivity contribution >= 4 is 0 Å².